The van der Waals surface area contributed by atoms with Crippen LogP contribution in [0.2, 0.25) is 0 Å². The first kappa shape index (κ1) is 22.5. The van der Waals surface area contributed by atoms with E-state index >= 15 is 0 Å². The molecule has 0 atom stereocenters. The van der Waals surface area contributed by atoms with Crippen molar-refractivity contribution in [3.8, 4) is 0 Å². The number of amides is 1. The first-order valence-electron chi connectivity index (χ1n) is 8.01. The van der Waals surface area contributed by atoms with Crippen LogP contribution in [0.1, 0.15) is 10.7 Å². The highest BCUT2D eigenvalue weighted by Crippen LogP contribution is 2.30. The largest absolute Gasteiger partial charge is 0.434 e. The molecule has 1 aromatic carbocycles. The molecule has 1 heterocycles. The summed E-state index contributed by atoms with van der Waals surface area (Å²) in [6.45, 7) is -0.197. The number of guanidine groups is 1. The van der Waals surface area contributed by atoms with Gasteiger partial charge in [0.15, 0.2) is 29.1 Å². The number of aliphatic imine (C=N–C) groups is 1. The number of carbonyl (C=O) groups excluding carboxylic acids is 1. The van der Waals surface area contributed by atoms with Crippen molar-refractivity contribution in [3.05, 3.63) is 45.7 Å². The number of alkyl halides is 3. The second kappa shape index (κ2) is 9.58. The zero-order chi connectivity index (χ0) is 21.6. The molecule has 158 valence electrons. The van der Waals surface area contributed by atoms with Crippen LogP contribution in [0.3, 0.4) is 0 Å². The molecule has 0 bridgehead atoms. The number of nitrogens with one attached hydrogen (secondary N) is 3. The maximum Gasteiger partial charge on any atom is 0.434 e. The van der Waals surface area contributed by atoms with E-state index in [0.29, 0.717) is 6.07 Å². The van der Waals surface area contributed by atoms with Gasteiger partial charge in [-0.15, -0.1) is 11.3 Å². The minimum absolute atomic E-state index is 0.151. The minimum Gasteiger partial charge on any atom is -0.356 e. The number of carbonyl (C=O) groups is 1. The third-order valence-electron chi connectivity index (χ3n) is 3.42. The fraction of sp³-hybridized carbons (Fsp3) is 0.312. The maximum atomic E-state index is 13.5. The van der Waals surface area contributed by atoms with E-state index in [0.717, 1.165) is 22.8 Å². The van der Waals surface area contributed by atoms with Crippen molar-refractivity contribution in [3.63, 3.8) is 0 Å². The molecular weight excluding hydrogens is 424 g/mol. The van der Waals surface area contributed by atoms with E-state index < -0.39 is 40.9 Å². The highest BCUT2D eigenvalue weighted by molar-refractivity contribution is 7.09. The highest BCUT2D eigenvalue weighted by Gasteiger charge is 2.33. The summed E-state index contributed by atoms with van der Waals surface area (Å²) in [5.41, 5.74) is -1.48. The van der Waals surface area contributed by atoms with E-state index in [4.69, 9.17) is 0 Å². The van der Waals surface area contributed by atoms with Gasteiger partial charge in [0, 0.05) is 25.4 Å². The molecule has 0 saturated heterocycles. The second-order valence-electron chi connectivity index (χ2n) is 5.50. The molecule has 13 heteroatoms. The van der Waals surface area contributed by atoms with Crippen LogP contribution < -0.4 is 16.0 Å². The predicted octanol–water partition coefficient (Wildman–Crippen LogP) is 2.93. The fourth-order valence-corrected chi connectivity index (χ4v) is 2.85. The van der Waals surface area contributed by atoms with Crippen LogP contribution in [-0.2, 0) is 17.4 Å². The van der Waals surface area contributed by atoms with Gasteiger partial charge in [0.2, 0.25) is 5.91 Å². The van der Waals surface area contributed by atoms with E-state index in [2.05, 4.69) is 25.9 Å². The SMILES string of the molecule is CN=C(NCCc1nc(C(F)(F)F)cs1)NCC(=O)Nc1ccc(F)c(F)c1F. The number of nitrogens with zero attached hydrogens (tertiary/aromatic N) is 2. The molecule has 0 radical (unpaired) electrons. The van der Waals surface area contributed by atoms with Crippen LogP contribution in [0.4, 0.5) is 32.0 Å². The van der Waals surface area contributed by atoms with Crippen molar-refractivity contribution < 1.29 is 31.1 Å². The summed E-state index contributed by atoms with van der Waals surface area (Å²) >= 11 is 0.870. The normalized spacial score (nSPS) is 12.0. The Morgan fingerprint density at radius 1 is 1.17 bits per heavy atom. The van der Waals surface area contributed by atoms with Crippen LogP contribution in [0.5, 0.6) is 0 Å². The molecule has 0 aliphatic carbocycles. The van der Waals surface area contributed by atoms with E-state index in [1.54, 1.807) is 0 Å². The summed E-state index contributed by atoms with van der Waals surface area (Å²) < 4.78 is 77.1. The van der Waals surface area contributed by atoms with Crippen molar-refractivity contribution in [2.24, 2.45) is 4.99 Å². The number of halogens is 6. The van der Waals surface area contributed by atoms with Crippen LogP contribution in [0.15, 0.2) is 22.5 Å². The van der Waals surface area contributed by atoms with Crippen LogP contribution in [0, 0.1) is 17.5 Å². The molecule has 29 heavy (non-hydrogen) atoms. The summed E-state index contributed by atoms with van der Waals surface area (Å²) in [5.74, 6) is -5.22. The second-order valence-corrected chi connectivity index (χ2v) is 6.44. The monoisotopic (exact) mass is 439 g/mol. The van der Waals surface area contributed by atoms with Gasteiger partial charge in [0.05, 0.1) is 17.2 Å². The van der Waals surface area contributed by atoms with Crippen LogP contribution in [-0.4, -0.2) is 37.0 Å². The third-order valence-corrected chi connectivity index (χ3v) is 4.33. The zero-order valence-electron chi connectivity index (χ0n) is 14.8. The van der Waals surface area contributed by atoms with Gasteiger partial charge in [0.25, 0.3) is 0 Å². The van der Waals surface area contributed by atoms with E-state index in [9.17, 15) is 31.1 Å². The van der Waals surface area contributed by atoms with Gasteiger partial charge in [-0.1, -0.05) is 0 Å². The Morgan fingerprint density at radius 2 is 1.90 bits per heavy atom. The molecule has 6 nitrogen and oxygen atoms in total. The lowest BCUT2D eigenvalue weighted by molar-refractivity contribution is -0.140. The molecule has 3 N–H and O–H groups in total. The minimum atomic E-state index is -4.50. The molecular formula is C16H15F6N5OS. The number of rotatable bonds is 6. The van der Waals surface area contributed by atoms with Crippen molar-refractivity contribution in [2.45, 2.75) is 12.6 Å². The lowest BCUT2D eigenvalue weighted by Crippen LogP contribution is -2.42. The third kappa shape index (κ3) is 6.34. The Bertz CT molecular complexity index is 898. The summed E-state index contributed by atoms with van der Waals surface area (Å²) in [5, 5.41) is 8.63. The number of hydrogen-bond acceptors (Lipinski definition) is 4. The molecule has 0 spiro atoms. The lowest BCUT2D eigenvalue weighted by Gasteiger charge is -2.12. The Hall–Kier alpha value is -2.83. The molecule has 0 unspecified atom stereocenters. The Balaban J connectivity index is 1.79. The van der Waals surface area contributed by atoms with E-state index in [-0.39, 0.29) is 30.5 Å². The summed E-state index contributed by atoms with van der Waals surface area (Å²) in [6, 6.07) is 1.55. The average molecular weight is 439 g/mol. The first-order chi connectivity index (χ1) is 13.6. The predicted molar refractivity (Wildman–Crippen MR) is 95.1 cm³/mol. The number of thiazole rings is 1. The number of aromatic nitrogens is 1. The first-order valence-corrected chi connectivity index (χ1v) is 8.89. The Labute approximate surface area is 165 Å². The van der Waals surface area contributed by atoms with Gasteiger partial charge < -0.3 is 16.0 Å². The molecule has 0 aliphatic heterocycles. The van der Waals surface area contributed by atoms with Gasteiger partial charge in [-0.05, 0) is 12.1 Å². The van der Waals surface area contributed by atoms with Gasteiger partial charge in [-0.2, -0.15) is 13.2 Å². The molecule has 1 aromatic heterocycles. The van der Waals surface area contributed by atoms with Crippen LogP contribution in [0.25, 0.3) is 0 Å². The molecule has 1 amide bonds. The van der Waals surface area contributed by atoms with Crippen molar-refractivity contribution in [1.82, 2.24) is 15.6 Å². The van der Waals surface area contributed by atoms with Crippen LogP contribution >= 0.6 is 11.3 Å². The van der Waals surface area contributed by atoms with Gasteiger partial charge in [-0.25, -0.2) is 18.2 Å². The summed E-state index contributed by atoms with van der Waals surface area (Å²) in [4.78, 5) is 19.1. The topological polar surface area (TPSA) is 78.4 Å². The number of benzene rings is 1. The fourth-order valence-electron chi connectivity index (χ4n) is 2.05. The van der Waals surface area contributed by atoms with Crippen molar-refractivity contribution >= 4 is 28.9 Å². The van der Waals surface area contributed by atoms with Gasteiger partial charge >= 0.3 is 6.18 Å². The van der Waals surface area contributed by atoms with Gasteiger partial charge in [0.1, 0.15) is 0 Å². The number of hydrogen-bond donors (Lipinski definition) is 3. The standard InChI is InChI=1S/C16H15F6N5OS/c1-23-15(24-5-4-12-27-10(7-29-12)16(20,21)22)25-6-11(28)26-9-3-2-8(17)13(18)14(9)19/h2-3,7H,4-6H2,1H3,(H,26,28)(H2,23,24,25). The summed E-state index contributed by atoms with van der Waals surface area (Å²) in [7, 11) is 1.40. The van der Waals surface area contributed by atoms with Crippen molar-refractivity contribution in [2.75, 3.05) is 25.5 Å². The smallest absolute Gasteiger partial charge is 0.356 e. The molecule has 2 aromatic rings. The molecule has 0 fully saturated rings. The van der Waals surface area contributed by atoms with Gasteiger partial charge in [-0.3, -0.25) is 9.79 Å². The quantitative estimate of drug-likeness (QED) is 0.280. The Kier molecular flexibility index (Phi) is 7.42. The zero-order valence-corrected chi connectivity index (χ0v) is 15.6. The Morgan fingerprint density at radius 3 is 2.52 bits per heavy atom. The maximum absolute atomic E-state index is 13.5. The molecule has 2 rings (SSSR count). The molecule has 0 saturated carbocycles. The summed E-state index contributed by atoms with van der Waals surface area (Å²) in [6.07, 6.45) is -4.31. The van der Waals surface area contributed by atoms with E-state index in [1.165, 1.54) is 7.05 Å². The molecule has 0 aliphatic rings. The average Bonchev–Trinajstić information content (AvgIpc) is 3.14. The van der Waals surface area contributed by atoms with Crippen molar-refractivity contribution in [1.29, 1.82) is 0 Å². The number of anilines is 1. The lowest BCUT2D eigenvalue weighted by atomic mass is 10.2. The van der Waals surface area contributed by atoms with E-state index in [1.807, 2.05) is 0 Å². The highest BCUT2D eigenvalue weighted by atomic mass is 32.1.